The van der Waals surface area contributed by atoms with E-state index in [1.807, 2.05) is 6.07 Å². The van der Waals surface area contributed by atoms with Gasteiger partial charge in [-0.25, -0.2) is 0 Å². The lowest BCUT2D eigenvalue weighted by atomic mass is 9.88. The Morgan fingerprint density at radius 3 is 2.76 bits per heavy atom. The fraction of sp³-hybridized carbons (Fsp3) is 0.625. The van der Waals surface area contributed by atoms with E-state index in [1.165, 1.54) is 31.7 Å². The molecule has 3 unspecified atom stereocenters. The maximum absolute atomic E-state index is 10.8. The summed E-state index contributed by atoms with van der Waals surface area (Å²) in [5.41, 5.74) is 7.05. The number of nitrogens with zero attached hydrogens (tertiary/aromatic N) is 2. The highest BCUT2D eigenvalue weighted by Crippen LogP contribution is 2.48. The minimum Gasteiger partial charge on any atom is -0.393 e. The van der Waals surface area contributed by atoms with Gasteiger partial charge in [0.2, 0.25) is 0 Å². The number of nitrogen functional groups attached to an aromatic ring is 1. The summed E-state index contributed by atoms with van der Waals surface area (Å²) in [7, 11) is 2.13. The second-order valence-electron chi connectivity index (χ2n) is 6.78. The molecular weight excluding hydrogens is 266 g/mol. The molecular formula is C16H23N3O2. The van der Waals surface area contributed by atoms with Crippen LogP contribution in [-0.4, -0.2) is 23.4 Å². The molecule has 0 saturated heterocycles. The van der Waals surface area contributed by atoms with Crippen molar-refractivity contribution in [1.29, 1.82) is 0 Å². The van der Waals surface area contributed by atoms with Crippen molar-refractivity contribution in [3.05, 3.63) is 33.9 Å². The topological polar surface area (TPSA) is 72.4 Å². The number of rotatable bonds is 5. The zero-order valence-corrected chi connectivity index (χ0v) is 12.5. The largest absolute Gasteiger partial charge is 0.393 e. The first-order chi connectivity index (χ1) is 10.0. The Labute approximate surface area is 125 Å². The molecule has 21 heavy (non-hydrogen) atoms. The number of hydrogen-bond donors (Lipinski definition) is 1. The fourth-order valence-corrected chi connectivity index (χ4v) is 4.25. The van der Waals surface area contributed by atoms with Crippen LogP contribution in [0.15, 0.2) is 18.2 Å². The Morgan fingerprint density at radius 2 is 2.19 bits per heavy atom. The highest BCUT2D eigenvalue weighted by molar-refractivity contribution is 5.59. The van der Waals surface area contributed by atoms with Gasteiger partial charge in [0.1, 0.15) is 5.69 Å². The second-order valence-corrected chi connectivity index (χ2v) is 6.78. The summed E-state index contributed by atoms with van der Waals surface area (Å²) in [5, 5.41) is 10.8. The molecule has 5 heteroatoms. The first-order valence-electron chi connectivity index (χ1n) is 7.74. The first kappa shape index (κ1) is 14.3. The Kier molecular flexibility index (Phi) is 3.85. The molecule has 2 bridgehead atoms. The van der Waals surface area contributed by atoms with Gasteiger partial charge >= 0.3 is 0 Å². The highest BCUT2D eigenvalue weighted by Gasteiger charge is 2.39. The van der Waals surface area contributed by atoms with Gasteiger partial charge in [-0.15, -0.1) is 0 Å². The number of benzene rings is 1. The van der Waals surface area contributed by atoms with Crippen molar-refractivity contribution >= 4 is 11.4 Å². The van der Waals surface area contributed by atoms with Crippen molar-refractivity contribution in [2.75, 3.05) is 19.3 Å². The SMILES string of the molecule is CN(Cc1ccc([N+](=O)[O-])c(N)c1)CC1CC2CCC1C2. The van der Waals surface area contributed by atoms with Crippen molar-refractivity contribution < 1.29 is 4.92 Å². The normalized spacial score (nSPS) is 27.4. The maximum Gasteiger partial charge on any atom is 0.292 e. The molecule has 2 aliphatic carbocycles. The summed E-state index contributed by atoms with van der Waals surface area (Å²) < 4.78 is 0. The predicted octanol–water partition coefficient (Wildman–Crippen LogP) is 3.05. The molecule has 0 heterocycles. The summed E-state index contributed by atoms with van der Waals surface area (Å²) in [6.07, 6.45) is 5.66. The van der Waals surface area contributed by atoms with Crippen molar-refractivity contribution in [2.45, 2.75) is 32.2 Å². The molecule has 2 aliphatic rings. The van der Waals surface area contributed by atoms with Crippen LogP contribution in [0.4, 0.5) is 11.4 Å². The van der Waals surface area contributed by atoms with Crippen molar-refractivity contribution in [3.63, 3.8) is 0 Å². The van der Waals surface area contributed by atoms with E-state index >= 15 is 0 Å². The van der Waals surface area contributed by atoms with Crippen LogP contribution in [0.5, 0.6) is 0 Å². The Balaban J connectivity index is 1.58. The quantitative estimate of drug-likeness (QED) is 0.513. The van der Waals surface area contributed by atoms with E-state index in [0.29, 0.717) is 0 Å². The zero-order chi connectivity index (χ0) is 15.0. The van der Waals surface area contributed by atoms with Crippen molar-refractivity contribution in [1.82, 2.24) is 4.90 Å². The lowest BCUT2D eigenvalue weighted by Gasteiger charge is -2.27. The molecule has 0 radical (unpaired) electrons. The van der Waals surface area contributed by atoms with Crippen LogP contribution in [0.25, 0.3) is 0 Å². The average Bonchev–Trinajstić information content (AvgIpc) is 3.00. The van der Waals surface area contributed by atoms with Crippen LogP contribution >= 0.6 is 0 Å². The third kappa shape index (κ3) is 3.02. The number of hydrogen-bond acceptors (Lipinski definition) is 4. The number of fused-ring (bicyclic) bond motifs is 2. The van der Waals surface area contributed by atoms with E-state index in [4.69, 9.17) is 5.73 Å². The minimum atomic E-state index is -0.432. The number of anilines is 1. The van der Waals surface area contributed by atoms with Crippen molar-refractivity contribution in [3.8, 4) is 0 Å². The molecule has 0 spiro atoms. The van der Waals surface area contributed by atoms with Crippen LogP contribution in [0.2, 0.25) is 0 Å². The minimum absolute atomic E-state index is 0.00509. The van der Waals surface area contributed by atoms with Gasteiger partial charge in [0.15, 0.2) is 0 Å². The second kappa shape index (κ2) is 5.64. The van der Waals surface area contributed by atoms with Gasteiger partial charge in [0, 0.05) is 19.2 Å². The van der Waals surface area contributed by atoms with E-state index in [9.17, 15) is 10.1 Å². The standard InChI is InChI=1S/C16H23N3O2/c1-18(10-14-7-11-2-4-13(14)6-11)9-12-3-5-16(19(20)21)15(17)8-12/h3,5,8,11,13-14H,2,4,6-7,9-10,17H2,1H3. The monoisotopic (exact) mass is 289 g/mol. The summed E-state index contributed by atoms with van der Waals surface area (Å²) in [5.74, 6) is 2.74. The lowest BCUT2D eigenvalue weighted by Crippen LogP contribution is -2.28. The molecule has 3 atom stereocenters. The zero-order valence-electron chi connectivity index (χ0n) is 12.5. The van der Waals surface area contributed by atoms with Crippen LogP contribution in [0, 0.1) is 27.9 Å². The number of nitrogens with two attached hydrogens (primary N) is 1. The molecule has 2 N–H and O–H groups in total. The third-order valence-corrected chi connectivity index (χ3v) is 5.17. The van der Waals surface area contributed by atoms with Gasteiger partial charge in [0.25, 0.3) is 5.69 Å². The molecule has 5 nitrogen and oxygen atoms in total. The van der Waals surface area contributed by atoms with E-state index < -0.39 is 4.92 Å². The van der Waals surface area contributed by atoms with Gasteiger partial charge in [-0.2, -0.15) is 0 Å². The summed E-state index contributed by atoms with van der Waals surface area (Å²) in [4.78, 5) is 12.7. The van der Waals surface area contributed by atoms with Crippen LogP contribution in [0.3, 0.4) is 0 Å². The maximum atomic E-state index is 10.8. The smallest absolute Gasteiger partial charge is 0.292 e. The van der Waals surface area contributed by atoms with E-state index in [-0.39, 0.29) is 11.4 Å². The Hall–Kier alpha value is -1.62. The number of nitro benzene ring substituents is 1. The van der Waals surface area contributed by atoms with Crippen LogP contribution in [0.1, 0.15) is 31.2 Å². The molecule has 0 aliphatic heterocycles. The summed E-state index contributed by atoms with van der Waals surface area (Å²) >= 11 is 0. The number of nitro groups is 1. The van der Waals surface area contributed by atoms with Crippen LogP contribution in [-0.2, 0) is 6.54 Å². The Morgan fingerprint density at radius 1 is 1.38 bits per heavy atom. The van der Waals surface area contributed by atoms with Gasteiger partial charge in [-0.3, -0.25) is 10.1 Å². The van der Waals surface area contributed by atoms with E-state index in [2.05, 4.69) is 11.9 Å². The molecule has 0 amide bonds. The van der Waals surface area contributed by atoms with E-state index in [1.54, 1.807) is 6.07 Å². The Bertz CT molecular complexity index is 546. The first-order valence-corrected chi connectivity index (χ1v) is 7.74. The highest BCUT2D eigenvalue weighted by atomic mass is 16.6. The molecule has 114 valence electrons. The van der Waals surface area contributed by atoms with Gasteiger partial charge < -0.3 is 10.6 Å². The van der Waals surface area contributed by atoms with Crippen molar-refractivity contribution in [2.24, 2.45) is 17.8 Å². The molecule has 1 aromatic rings. The molecule has 0 aromatic heterocycles. The molecule has 1 aromatic carbocycles. The molecule has 2 saturated carbocycles. The third-order valence-electron chi connectivity index (χ3n) is 5.17. The average molecular weight is 289 g/mol. The summed E-state index contributed by atoms with van der Waals surface area (Å²) in [6, 6.07) is 5.05. The van der Waals surface area contributed by atoms with E-state index in [0.717, 1.165) is 36.4 Å². The van der Waals surface area contributed by atoms with Crippen LogP contribution < -0.4 is 5.73 Å². The fourth-order valence-electron chi connectivity index (χ4n) is 4.25. The van der Waals surface area contributed by atoms with Gasteiger partial charge in [-0.05, 0) is 55.7 Å². The predicted molar refractivity (Wildman–Crippen MR) is 82.8 cm³/mol. The van der Waals surface area contributed by atoms with Gasteiger partial charge in [0.05, 0.1) is 4.92 Å². The van der Waals surface area contributed by atoms with Gasteiger partial charge in [-0.1, -0.05) is 12.5 Å². The summed E-state index contributed by atoms with van der Waals surface area (Å²) in [6.45, 7) is 1.92. The molecule has 2 fully saturated rings. The lowest BCUT2D eigenvalue weighted by molar-refractivity contribution is -0.383. The molecule has 3 rings (SSSR count).